The summed E-state index contributed by atoms with van der Waals surface area (Å²) in [4.78, 5) is 2.36. The van der Waals surface area contributed by atoms with Gasteiger partial charge in [-0.2, -0.15) is 0 Å². The molecule has 0 saturated carbocycles. The largest absolute Gasteiger partial charge is 0.385 e. The molecule has 0 aliphatic carbocycles. The summed E-state index contributed by atoms with van der Waals surface area (Å²) < 4.78 is 5.01. The van der Waals surface area contributed by atoms with E-state index in [4.69, 9.17) is 10.5 Å². The first kappa shape index (κ1) is 13.9. The van der Waals surface area contributed by atoms with Crippen molar-refractivity contribution in [2.24, 2.45) is 11.7 Å². The van der Waals surface area contributed by atoms with Crippen molar-refractivity contribution in [2.75, 3.05) is 40.4 Å². The smallest absolute Gasteiger partial charge is 0.0474 e. The summed E-state index contributed by atoms with van der Waals surface area (Å²) in [5.74, 6) is 0.669. The van der Waals surface area contributed by atoms with Crippen molar-refractivity contribution in [2.45, 2.75) is 26.2 Å². The number of hydrogen-bond donors (Lipinski definition) is 1. The minimum atomic E-state index is 0.669. The molecule has 0 amide bonds. The van der Waals surface area contributed by atoms with E-state index in [9.17, 15) is 0 Å². The molecule has 0 aromatic heterocycles. The Morgan fingerprint density at radius 3 is 2.50 bits per heavy atom. The lowest BCUT2D eigenvalue weighted by Crippen LogP contribution is -2.23. The average Bonchev–Trinajstić information content (AvgIpc) is 2.18. The van der Waals surface area contributed by atoms with Gasteiger partial charge in [0.2, 0.25) is 0 Å². The molecule has 0 saturated heterocycles. The Kier molecular flexibility index (Phi) is 9.35. The van der Waals surface area contributed by atoms with E-state index < -0.39 is 0 Å². The molecule has 0 spiro atoms. The minimum Gasteiger partial charge on any atom is -0.385 e. The highest BCUT2D eigenvalue weighted by Crippen LogP contribution is 2.03. The number of ether oxygens (including phenoxy) is 1. The zero-order valence-corrected chi connectivity index (χ0v) is 9.96. The number of nitrogens with zero attached hydrogens (tertiary/aromatic N) is 1. The summed E-state index contributed by atoms with van der Waals surface area (Å²) >= 11 is 0. The zero-order chi connectivity index (χ0) is 10.8. The third kappa shape index (κ3) is 8.48. The molecule has 0 aromatic rings. The van der Waals surface area contributed by atoms with Gasteiger partial charge in [-0.25, -0.2) is 0 Å². The van der Waals surface area contributed by atoms with Crippen LogP contribution in [0.5, 0.6) is 0 Å². The molecule has 0 fully saturated rings. The predicted molar refractivity (Wildman–Crippen MR) is 61.4 cm³/mol. The van der Waals surface area contributed by atoms with E-state index >= 15 is 0 Å². The Labute approximate surface area is 88.6 Å². The van der Waals surface area contributed by atoms with Crippen LogP contribution < -0.4 is 5.73 Å². The lowest BCUT2D eigenvalue weighted by Gasteiger charge is -2.17. The van der Waals surface area contributed by atoms with Gasteiger partial charge in [-0.1, -0.05) is 6.92 Å². The van der Waals surface area contributed by atoms with Crippen LogP contribution in [0.4, 0.5) is 0 Å². The molecule has 0 radical (unpaired) electrons. The first-order chi connectivity index (χ1) is 6.70. The van der Waals surface area contributed by atoms with Crippen LogP contribution in [0.15, 0.2) is 0 Å². The molecule has 0 aliphatic heterocycles. The van der Waals surface area contributed by atoms with E-state index in [1.54, 1.807) is 7.11 Å². The van der Waals surface area contributed by atoms with Crippen molar-refractivity contribution >= 4 is 0 Å². The first-order valence-electron chi connectivity index (χ1n) is 5.58. The topological polar surface area (TPSA) is 38.5 Å². The molecule has 3 heteroatoms. The van der Waals surface area contributed by atoms with Crippen molar-refractivity contribution < 1.29 is 4.74 Å². The van der Waals surface area contributed by atoms with Crippen molar-refractivity contribution in [3.63, 3.8) is 0 Å². The molecule has 2 N–H and O–H groups in total. The Bertz CT molecular complexity index is 120. The third-order valence-electron chi connectivity index (χ3n) is 2.53. The molecule has 0 bridgehead atoms. The number of hydrogen-bond acceptors (Lipinski definition) is 3. The molecule has 86 valence electrons. The second kappa shape index (κ2) is 9.44. The van der Waals surface area contributed by atoms with Crippen LogP contribution in [0.2, 0.25) is 0 Å². The Morgan fingerprint density at radius 2 is 1.93 bits per heavy atom. The molecule has 1 atom stereocenters. The van der Waals surface area contributed by atoms with Crippen LogP contribution in [0, 0.1) is 5.92 Å². The number of methoxy groups -OCH3 is 1. The van der Waals surface area contributed by atoms with Crippen molar-refractivity contribution in [3.05, 3.63) is 0 Å². The number of rotatable bonds is 9. The van der Waals surface area contributed by atoms with Crippen LogP contribution in [0.25, 0.3) is 0 Å². The predicted octanol–water partition coefficient (Wildman–Crippen LogP) is 1.33. The van der Waals surface area contributed by atoms with Crippen molar-refractivity contribution in [3.8, 4) is 0 Å². The quantitative estimate of drug-likeness (QED) is 0.573. The van der Waals surface area contributed by atoms with Gasteiger partial charge in [0.1, 0.15) is 0 Å². The first-order valence-corrected chi connectivity index (χ1v) is 5.58. The van der Waals surface area contributed by atoms with Crippen molar-refractivity contribution in [1.29, 1.82) is 0 Å². The molecule has 0 aliphatic rings. The van der Waals surface area contributed by atoms with Crippen LogP contribution >= 0.6 is 0 Å². The highest BCUT2D eigenvalue weighted by atomic mass is 16.5. The fraction of sp³-hybridized carbons (Fsp3) is 1.00. The summed E-state index contributed by atoms with van der Waals surface area (Å²) in [7, 11) is 3.92. The average molecular weight is 202 g/mol. The van der Waals surface area contributed by atoms with E-state index in [-0.39, 0.29) is 0 Å². The maximum absolute atomic E-state index is 5.56. The molecule has 14 heavy (non-hydrogen) atoms. The van der Waals surface area contributed by atoms with Gasteiger partial charge in [-0.05, 0) is 45.3 Å². The van der Waals surface area contributed by atoms with Gasteiger partial charge in [-0.3, -0.25) is 0 Å². The summed E-state index contributed by atoms with van der Waals surface area (Å²) in [6.07, 6.45) is 3.62. The summed E-state index contributed by atoms with van der Waals surface area (Å²) in [5, 5.41) is 0. The molecule has 0 rings (SSSR count). The highest BCUT2D eigenvalue weighted by molar-refractivity contribution is 4.57. The van der Waals surface area contributed by atoms with Gasteiger partial charge >= 0.3 is 0 Å². The van der Waals surface area contributed by atoms with E-state index in [1.807, 2.05) is 0 Å². The number of nitrogens with two attached hydrogens (primary N) is 1. The van der Waals surface area contributed by atoms with Crippen LogP contribution in [0.3, 0.4) is 0 Å². The molecular formula is C11H26N2O. The second-order valence-electron chi connectivity index (χ2n) is 4.13. The van der Waals surface area contributed by atoms with Gasteiger partial charge in [-0.15, -0.1) is 0 Å². The van der Waals surface area contributed by atoms with Gasteiger partial charge in [0.05, 0.1) is 0 Å². The Morgan fingerprint density at radius 1 is 1.29 bits per heavy atom. The second-order valence-corrected chi connectivity index (χ2v) is 4.13. The van der Waals surface area contributed by atoms with Crippen molar-refractivity contribution in [1.82, 2.24) is 4.90 Å². The van der Waals surface area contributed by atoms with Gasteiger partial charge in [0.25, 0.3) is 0 Å². The fourth-order valence-electron chi connectivity index (χ4n) is 1.42. The zero-order valence-electron chi connectivity index (χ0n) is 9.96. The lowest BCUT2D eigenvalue weighted by molar-refractivity contribution is 0.178. The van der Waals surface area contributed by atoms with Gasteiger partial charge < -0.3 is 15.4 Å². The maximum Gasteiger partial charge on any atom is 0.0474 e. The normalized spacial score (nSPS) is 13.5. The standard InChI is InChI=1S/C11H26N2O/c1-11(10-12)6-4-7-13(2)8-5-9-14-3/h11H,4-10,12H2,1-3H3. The molecular weight excluding hydrogens is 176 g/mol. The van der Waals surface area contributed by atoms with Crippen LogP contribution in [-0.2, 0) is 4.74 Å². The summed E-state index contributed by atoms with van der Waals surface area (Å²) in [6.45, 7) is 6.20. The van der Waals surface area contributed by atoms with E-state index in [0.29, 0.717) is 5.92 Å². The Balaban J connectivity index is 3.21. The molecule has 0 aromatic carbocycles. The molecule has 3 nitrogen and oxygen atoms in total. The monoisotopic (exact) mass is 202 g/mol. The summed E-state index contributed by atoms with van der Waals surface area (Å²) in [5.41, 5.74) is 5.56. The third-order valence-corrected chi connectivity index (χ3v) is 2.53. The molecule has 0 heterocycles. The fourth-order valence-corrected chi connectivity index (χ4v) is 1.42. The minimum absolute atomic E-state index is 0.669. The highest BCUT2D eigenvalue weighted by Gasteiger charge is 2.01. The van der Waals surface area contributed by atoms with Crippen LogP contribution in [0.1, 0.15) is 26.2 Å². The maximum atomic E-state index is 5.56. The van der Waals surface area contributed by atoms with E-state index in [0.717, 1.165) is 26.1 Å². The lowest BCUT2D eigenvalue weighted by atomic mass is 10.1. The van der Waals surface area contributed by atoms with Gasteiger partial charge in [0.15, 0.2) is 0 Å². The van der Waals surface area contributed by atoms with E-state index in [2.05, 4.69) is 18.9 Å². The van der Waals surface area contributed by atoms with Gasteiger partial charge in [0, 0.05) is 20.3 Å². The van der Waals surface area contributed by atoms with Crippen LogP contribution in [-0.4, -0.2) is 45.3 Å². The van der Waals surface area contributed by atoms with E-state index in [1.165, 1.54) is 19.4 Å². The molecule has 1 unspecified atom stereocenters. The summed E-state index contributed by atoms with van der Waals surface area (Å²) in [6, 6.07) is 0. The Hall–Kier alpha value is -0.120. The SMILES string of the molecule is COCCCN(C)CCCC(C)CN.